The number of aliphatic hydroxyl groups excluding tert-OH is 1. The largest absolute Gasteiger partial charge is 0.492 e. The van der Waals surface area contributed by atoms with Gasteiger partial charge in [-0.15, -0.1) is 0 Å². The van der Waals surface area contributed by atoms with Crippen molar-refractivity contribution in [2.75, 3.05) is 53.5 Å². The zero-order chi connectivity index (χ0) is 41.5. The molecule has 0 spiro atoms. The van der Waals surface area contributed by atoms with E-state index in [1.165, 1.54) is 13.0 Å². The fourth-order valence-electron chi connectivity index (χ4n) is 6.09. The summed E-state index contributed by atoms with van der Waals surface area (Å²) in [6.07, 6.45) is -3.19. The van der Waals surface area contributed by atoms with E-state index in [0.717, 1.165) is 50.7 Å². The summed E-state index contributed by atoms with van der Waals surface area (Å²) >= 11 is 0. The Morgan fingerprint density at radius 2 is 1.58 bits per heavy atom. The van der Waals surface area contributed by atoms with E-state index in [2.05, 4.69) is 45.7 Å². The maximum Gasteiger partial charge on any atom is 0.492 e. The lowest BCUT2D eigenvalue weighted by atomic mass is 9.92. The molecule has 5 unspecified atom stereocenters. The van der Waals surface area contributed by atoms with Crippen LogP contribution in [0.5, 0.6) is 0 Å². The maximum absolute atomic E-state index is 13.1. The van der Waals surface area contributed by atoms with Crippen LogP contribution in [-0.2, 0) is 68.8 Å². The Morgan fingerprint density at radius 1 is 0.912 bits per heavy atom. The van der Waals surface area contributed by atoms with Gasteiger partial charge in [-0.2, -0.15) is 8.62 Å². The minimum absolute atomic E-state index is 0.00616. The molecule has 2 aromatic carbocycles. The van der Waals surface area contributed by atoms with E-state index in [1.54, 1.807) is 6.07 Å². The van der Waals surface area contributed by atoms with Gasteiger partial charge in [0, 0.05) is 53.4 Å². The minimum Gasteiger partial charge on any atom is -0.449 e. The van der Waals surface area contributed by atoms with Crippen molar-refractivity contribution in [1.82, 2.24) is 10.6 Å². The molecule has 1 fully saturated rings. The van der Waals surface area contributed by atoms with Crippen molar-refractivity contribution in [1.29, 1.82) is 0 Å². The van der Waals surface area contributed by atoms with Crippen molar-refractivity contribution in [3.63, 3.8) is 0 Å². The summed E-state index contributed by atoms with van der Waals surface area (Å²) in [6, 6.07) is 13.3. The van der Waals surface area contributed by atoms with Crippen LogP contribution < -0.4 is 16.0 Å². The SMILES string of the molecule is COP(=O)(OC)OP(=O)(OC)OP(=O)(OC)OC[C@H]1O[C@@H](C2C=C(C#CCNC(=O)OCC3c4ccccc4-c4ccc(NC(C)=O)cc43)C(=O)NC2=O)CC1O. The third kappa shape index (κ3) is 10.7. The molecule has 0 radical (unpaired) electrons. The number of amides is 4. The van der Waals surface area contributed by atoms with Crippen LogP contribution in [-0.4, -0.2) is 95.4 Å². The Hall–Kier alpha value is -4.05. The number of rotatable bonds is 16. The smallest absolute Gasteiger partial charge is 0.449 e. The van der Waals surface area contributed by atoms with E-state index >= 15 is 0 Å². The van der Waals surface area contributed by atoms with Gasteiger partial charge in [0.1, 0.15) is 12.7 Å². The molecule has 0 bridgehead atoms. The predicted octanol–water partition coefficient (Wildman–Crippen LogP) is 4.16. The van der Waals surface area contributed by atoms with Crippen molar-refractivity contribution >= 4 is 53.0 Å². The summed E-state index contributed by atoms with van der Waals surface area (Å²) in [6.45, 7) is 0.494. The van der Waals surface area contributed by atoms with Crippen molar-refractivity contribution in [2.24, 2.45) is 5.92 Å². The van der Waals surface area contributed by atoms with E-state index in [9.17, 15) is 38.0 Å². The number of fused-ring (bicyclic) bond motifs is 3. The number of alkyl carbamates (subject to hydrolysis) is 1. The lowest BCUT2D eigenvalue weighted by Crippen LogP contribution is -2.44. The first-order valence-corrected chi connectivity index (χ1v) is 21.3. The molecular formula is C34H40N3O17P3. The Balaban J connectivity index is 1.16. The van der Waals surface area contributed by atoms with Gasteiger partial charge >= 0.3 is 29.6 Å². The first-order valence-electron chi connectivity index (χ1n) is 17.0. The Morgan fingerprint density at radius 3 is 2.26 bits per heavy atom. The highest BCUT2D eigenvalue weighted by atomic mass is 31.3. The average molecular weight is 856 g/mol. The van der Waals surface area contributed by atoms with E-state index in [-0.39, 0.29) is 37.0 Å². The van der Waals surface area contributed by atoms with Gasteiger partial charge in [0.2, 0.25) is 11.8 Å². The summed E-state index contributed by atoms with van der Waals surface area (Å²) in [4.78, 5) is 49.7. The van der Waals surface area contributed by atoms with Crippen molar-refractivity contribution in [3.8, 4) is 23.0 Å². The number of ether oxygens (including phenoxy) is 2. The van der Waals surface area contributed by atoms with Crippen molar-refractivity contribution < 1.29 is 78.7 Å². The monoisotopic (exact) mass is 855 g/mol. The van der Waals surface area contributed by atoms with Crippen molar-refractivity contribution in [3.05, 3.63) is 65.2 Å². The van der Waals surface area contributed by atoms with Gasteiger partial charge < -0.3 is 25.2 Å². The highest BCUT2D eigenvalue weighted by Crippen LogP contribution is 2.72. The molecule has 0 saturated carbocycles. The number of imide groups is 1. The second-order valence-corrected chi connectivity index (χ2v) is 18.1. The number of hydrogen-bond donors (Lipinski definition) is 4. The molecule has 1 saturated heterocycles. The second kappa shape index (κ2) is 18.7. The van der Waals surface area contributed by atoms with E-state index < -0.39 is 72.2 Å². The van der Waals surface area contributed by atoms with E-state index in [1.807, 2.05) is 36.4 Å². The van der Waals surface area contributed by atoms with Crippen LogP contribution in [0.3, 0.4) is 0 Å². The van der Waals surface area contributed by atoms with Crippen LogP contribution in [0, 0.1) is 17.8 Å². The number of benzene rings is 2. The molecule has 7 atom stereocenters. The summed E-state index contributed by atoms with van der Waals surface area (Å²) in [5.74, 6) is 2.10. The van der Waals surface area contributed by atoms with E-state index in [0.29, 0.717) is 5.69 Å². The van der Waals surface area contributed by atoms with Crippen LogP contribution >= 0.6 is 23.5 Å². The zero-order valence-electron chi connectivity index (χ0n) is 31.2. The normalized spacial score (nSPS) is 23.4. The van der Waals surface area contributed by atoms with Crippen LogP contribution in [0.25, 0.3) is 11.1 Å². The Labute approximate surface area is 327 Å². The second-order valence-electron chi connectivity index (χ2n) is 12.3. The number of carbonyl (C=O) groups excluding carboxylic acids is 4. The number of hydrogen-bond acceptors (Lipinski definition) is 17. The zero-order valence-corrected chi connectivity index (χ0v) is 33.8. The fraction of sp³-hybridized carbons (Fsp3) is 0.412. The van der Waals surface area contributed by atoms with Gasteiger partial charge in [-0.1, -0.05) is 42.2 Å². The fourth-order valence-corrected chi connectivity index (χ4v) is 10.5. The molecule has 20 nitrogen and oxygen atoms in total. The molecule has 4 N–H and O–H groups in total. The van der Waals surface area contributed by atoms with Gasteiger partial charge in [-0.25, -0.2) is 18.5 Å². The Kier molecular flexibility index (Phi) is 14.4. The first kappa shape index (κ1) is 44.1. The summed E-state index contributed by atoms with van der Waals surface area (Å²) < 4.78 is 82.7. The number of aliphatic hydroxyl groups is 1. The molecule has 57 heavy (non-hydrogen) atoms. The number of phosphoric acid groups is 3. The van der Waals surface area contributed by atoms with E-state index in [4.69, 9.17) is 22.8 Å². The number of phosphoric ester groups is 2. The lowest BCUT2D eigenvalue weighted by Gasteiger charge is -2.25. The minimum atomic E-state index is -4.95. The summed E-state index contributed by atoms with van der Waals surface area (Å²) in [5.41, 5.74) is 4.31. The molecule has 4 amide bonds. The van der Waals surface area contributed by atoms with Gasteiger partial charge in [-0.3, -0.25) is 42.3 Å². The number of nitrogens with one attached hydrogen (secondary N) is 3. The van der Waals surface area contributed by atoms with Gasteiger partial charge in [-0.05, 0) is 40.5 Å². The average Bonchev–Trinajstić information content (AvgIpc) is 3.71. The first-order chi connectivity index (χ1) is 27.0. The molecule has 2 aromatic rings. The third-order valence-corrected chi connectivity index (χ3v) is 14.2. The van der Waals surface area contributed by atoms with Crippen molar-refractivity contribution in [2.45, 2.75) is 37.6 Å². The lowest BCUT2D eigenvalue weighted by molar-refractivity contribution is -0.134. The standard InChI is InChI=1S/C34H40N3O17P3/c1-20(38)36-22-12-13-25-23-10-6-7-11-24(23)28(26(25)16-22)18-50-34(42)35-14-8-9-21-15-27(33(41)37-32(21)40)30-17-29(39)31(52-30)19-51-56(44,48-4)54-57(45,49-5)53-55(43,46-2)47-3/h6-7,10-13,15-16,27-31,39H,14,17-19H2,1-5H3,(H,35,42)(H,36,38)(H,37,40,41)/t27?,28?,29?,30-,31-,56?,57?/m1/s1. The molecule has 5 rings (SSSR count). The number of carbonyl (C=O) groups is 4. The third-order valence-electron chi connectivity index (χ3n) is 8.77. The molecule has 2 heterocycles. The molecule has 2 aliphatic heterocycles. The molecule has 1 aliphatic carbocycles. The van der Waals surface area contributed by atoms with Gasteiger partial charge in [0.25, 0.3) is 5.91 Å². The molecule has 0 aromatic heterocycles. The molecule has 23 heteroatoms. The van der Waals surface area contributed by atoms with Gasteiger partial charge in [0.15, 0.2) is 0 Å². The van der Waals surface area contributed by atoms with Crippen LogP contribution in [0.2, 0.25) is 0 Å². The summed E-state index contributed by atoms with van der Waals surface area (Å²) in [5, 5.41) is 18.1. The van der Waals surface area contributed by atoms with Crippen LogP contribution in [0.15, 0.2) is 54.1 Å². The maximum atomic E-state index is 13.1. The van der Waals surface area contributed by atoms with Crippen LogP contribution in [0.1, 0.15) is 30.4 Å². The molecule has 308 valence electrons. The molecular weight excluding hydrogens is 815 g/mol. The highest BCUT2D eigenvalue weighted by molar-refractivity contribution is 7.67. The topological polar surface area (TPSA) is 259 Å². The summed E-state index contributed by atoms with van der Waals surface area (Å²) in [7, 11) is -10.7. The molecule has 3 aliphatic rings. The van der Waals surface area contributed by atoms with Crippen LogP contribution in [0.4, 0.5) is 10.5 Å². The predicted molar refractivity (Wildman–Crippen MR) is 198 cm³/mol. The Bertz CT molecular complexity index is 2130. The quantitative estimate of drug-likeness (QED) is 0.105. The van der Waals surface area contributed by atoms with Gasteiger partial charge in [0.05, 0.1) is 36.9 Å². The number of anilines is 1. The highest BCUT2D eigenvalue weighted by Gasteiger charge is 2.48.